The maximum atomic E-state index is 11.9. The van der Waals surface area contributed by atoms with E-state index in [4.69, 9.17) is 10.5 Å². The molecule has 0 bridgehead atoms. The Labute approximate surface area is 104 Å². The SMILES string of the molecule is NC(CCC1CCCO1)C1CCCCS1(=O)=O. The average Bonchev–Trinajstić information content (AvgIpc) is 2.78. The van der Waals surface area contributed by atoms with Gasteiger partial charge in [0.05, 0.1) is 17.1 Å². The first-order chi connectivity index (χ1) is 8.09. The highest BCUT2D eigenvalue weighted by Gasteiger charge is 2.33. The van der Waals surface area contributed by atoms with E-state index in [2.05, 4.69) is 0 Å². The first-order valence-corrected chi connectivity index (χ1v) is 8.40. The van der Waals surface area contributed by atoms with Crippen LogP contribution in [-0.2, 0) is 14.6 Å². The molecule has 100 valence electrons. The molecule has 17 heavy (non-hydrogen) atoms. The molecule has 2 rings (SSSR count). The fourth-order valence-electron chi connectivity index (χ4n) is 2.90. The van der Waals surface area contributed by atoms with E-state index < -0.39 is 9.84 Å². The zero-order valence-electron chi connectivity index (χ0n) is 10.3. The zero-order valence-corrected chi connectivity index (χ0v) is 11.1. The van der Waals surface area contributed by atoms with E-state index in [-0.39, 0.29) is 11.3 Å². The highest BCUT2D eigenvalue weighted by Crippen LogP contribution is 2.25. The first-order valence-electron chi connectivity index (χ1n) is 6.68. The molecule has 5 heteroatoms. The Balaban J connectivity index is 1.83. The van der Waals surface area contributed by atoms with Crippen LogP contribution in [0.3, 0.4) is 0 Å². The highest BCUT2D eigenvalue weighted by atomic mass is 32.2. The van der Waals surface area contributed by atoms with Crippen LogP contribution in [0.25, 0.3) is 0 Å². The van der Waals surface area contributed by atoms with Gasteiger partial charge >= 0.3 is 0 Å². The van der Waals surface area contributed by atoms with Crippen LogP contribution in [0, 0.1) is 0 Å². The average molecular weight is 261 g/mol. The molecule has 4 nitrogen and oxygen atoms in total. The Morgan fingerprint density at radius 3 is 2.71 bits per heavy atom. The molecule has 0 spiro atoms. The van der Waals surface area contributed by atoms with E-state index in [0.29, 0.717) is 11.9 Å². The van der Waals surface area contributed by atoms with Gasteiger partial charge in [0.15, 0.2) is 9.84 Å². The predicted octanol–water partition coefficient (Wildman–Crippen LogP) is 1.24. The number of hydrogen-bond donors (Lipinski definition) is 1. The van der Waals surface area contributed by atoms with Crippen LogP contribution >= 0.6 is 0 Å². The fraction of sp³-hybridized carbons (Fsp3) is 1.00. The van der Waals surface area contributed by atoms with Crippen molar-refractivity contribution >= 4 is 9.84 Å². The van der Waals surface area contributed by atoms with Crippen molar-refractivity contribution < 1.29 is 13.2 Å². The van der Waals surface area contributed by atoms with E-state index in [1.807, 2.05) is 0 Å². The van der Waals surface area contributed by atoms with Gasteiger partial charge in [-0.2, -0.15) is 0 Å². The molecule has 2 saturated heterocycles. The quantitative estimate of drug-likeness (QED) is 0.826. The molecular weight excluding hydrogens is 238 g/mol. The highest BCUT2D eigenvalue weighted by molar-refractivity contribution is 7.92. The van der Waals surface area contributed by atoms with Crippen molar-refractivity contribution in [3.05, 3.63) is 0 Å². The van der Waals surface area contributed by atoms with Crippen molar-refractivity contribution in [1.29, 1.82) is 0 Å². The van der Waals surface area contributed by atoms with Gasteiger partial charge in [0, 0.05) is 12.6 Å². The van der Waals surface area contributed by atoms with Gasteiger partial charge in [0.2, 0.25) is 0 Å². The van der Waals surface area contributed by atoms with Crippen LogP contribution in [0.4, 0.5) is 0 Å². The van der Waals surface area contributed by atoms with Crippen molar-refractivity contribution in [2.24, 2.45) is 5.73 Å². The summed E-state index contributed by atoms with van der Waals surface area (Å²) in [6, 6.07) is -0.204. The standard InChI is InChI=1S/C12H23NO3S/c13-11(7-6-10-4-3-8-16-10)12-5-1-2-9-17(12,14)15/h10-12H,1-9,13H2. The van der Waals surface area contributed by atoms with Gasteiger partial charge in [-0.05, 0) is 38.5 Å². The molecule has 3 unspecified atom stereocenters. The lowest BCUT2D eigenvalue weighted by Crippen LogP contribution is -2.43. The number of hydrogen-bond acceptors (Lipinski definition) is 4. The van der Waals surface area contributed by atoms with E-state index in [1.54, 1.807) is 0 Å². The molecule has 0 amide bonds. The third-order valence-corrected chi connectivity index (χ3v) is 6.32. The normalized spacial score (nSPS) is 34.6. The lowest BCUT2D eigenvalue weighted by atomic mass is 10.0. The summed E-state index contributed by atoms with van der Waals surface area (Å²) in [5.74, 6) is 0.325. The van der Waals surface area contributed by atoms with E-state index in [9.17, 15) is 8.42 Å². The molecule has 3 atom stereocenters. The Hall–Kier alpha value is -0.130. The van der Waals surface area contributed by atoms with Crippen molar-refractivity contribution in [3.63, 3.8) is 0 Å². The lowest BCUT2D eigenvalue weighted by Gasteiger charge is -2.28. The summed E-state index contributed by atoms with van der Waals surface area (Å²) in [6.07, 6.45) is 6.77. The smallest absolute Gasteiger partial charge is 0.154 e. The van der Waals surface area contributed by atoms with Crippen LogP contribution in [0.5, 0.6) is 0 Å². The van der Waals surface area contributed by atoms with E-state index in [1.165, 1.54) is 0 Å². The number of nitrogens with two attached hydrogens (primary N) is 1. The molecule has 0 radical (unpaired) electrons. The van der Waals surface area contributed by atoms with Gasteiger partial charge in [-0.15, -0.1) is 0 Å². The fourth-order valence-corrected chi connectivity index (χ4v) is 5.00. The summed E-state index contributed by atoms with van der Waals surface area (Å²) >= 11 is 0. The summed E-state index contributed by atoms with van der Waals surface area (Å²) in [5.41, 5.74) is 6.07. The van der Waals surface area contributed by atoms with Crippen LogP contribution in [-0.4, -0.2) is 38.2 Å². The largest absolute Gasteiger partial charge is 0.378 e. The Morgan fingerprint density at radius 1 is 1.24 bits per heavy atom. The van der Waals surface area contributed by atoms with Crippen LogP contribution in [0.15, 0.2) is 0 Å². The monoisotopic (exact) mass is 261 g/mol. The predicted molar refractivity (Wildman–Crippen MR) is 67.6 cm³/mol. The summed E-state index contributed by atoms with van der Waals surface area (Å²) in [4.78, 5) is 0. The molecule has 2 aliphatic heterocycles. The van der Waals surface area contributed by atoms with Gasteiger partial charge in [-0.3, -0.25) is 0 Å². The molecule has 2 fully saturated rings. The third kappa shape index (κ3) is 3.42. The minimum absolute atomic E-state index is 0.204. The molecule has 2 aliphatic rings. The lowest BCUT2D eigenvalue weighted by molar-refractivity contribution is 0.100. The minimum Gasteiger partial charge on any atom is -0.378 e. The van der Waals surface area contributed by atoms with Gasteiger partial charge in [0.25, 0.3) is 0 Å². The summed E-state index contributed by atoms with van der Waals surface area (Å²) in [7, 11) is -2.93. The van der Waals surface area contributed by atoms with Gasteiger partial charge in [0.1, 0.15) is 0 Å². The number of ether oxygens (including phenoxy) is 1. The molecule has 0 aromatic carbocycles. The molecule has 0 saturated carbocycles. The van der Waals surface area contributed by atoms with Gasteiger partial charge in [-0.1, -0.05) is 6.42 Å². The number of sulfone groups is 1. The minimum atomic E-state index is -2.93. The molecule has 0 aliphatic carbocycles. The van der Waals surface area contributed by atoms with Crippen LogP contribution in [0.2, 0.25) is 0 Å². The summed E-state index contributed by atoms with van der Waals surface area (Å²) in [6.45, 7) is 0.849. The van der Waals surface area contributed by atoms with Crippen molar-refractivity contribution in [1.82, 2.24) is 0 Å². The third-order valence-electron chi connectivity index (χ3n) is 3.95. The Morgan fingerprint density at radius 2 is 2.06 bits per heavy atom. The van der Waals surface area contributed by atoms with Gasteiger partial charge < -0.3 is 10.5 Å². The second kappa shape index (κ2) is 5.67. The zero-order chi connectivity index (χ0) is 12.3. The topological polar surface area (TPSA) is 69.4 Å². The summed E-state index contributed by atoms with van der Waals surface area (Å²) < 4.78 is 29.4. The van der Waals surface area contributed by atoms with E-state index >= 15 is 0 Å². The Kier molecular flexibility index (Phi) is 4.44. The molecule has 0 aromatic heterocycles. The molecule has 0 aromatic rings. The maximum Gasteiger partial charge on any atom is 0.154 e. The van der Waals surface area contributed by atoms with Crippen molar-refractivity contribution in [2.45, 2.75) is 62.3 Å². The Bertz CT molecular complexity index is 336. The first kappa shape index (κ1) is 13.3. The van der Waals surface area contributed by atoms with E-state index in [0.717, 1.165) is 51.6 Å². The maximum absolute atomic E-state index is 11.9. The molecule has 2 N–H and O–H groups in total. The second-order valence-electron chi connectivity index (χ2n) is 5.28. The molecular formula is C12H23NO3S. The van der Waals surface area contributed by atoms with Crippen molar-refractivity contribution in [3.8, 4) is 0 Å². The second-order valence-corrected chi connectivity index (χ2v) is 7.62. The van der Waals surface area contributed by atoms with Crippen LogP contribution < -0.4 is 5.73 Å². The molecule has 2 heterocycles. The van der Waals surface area contributed by atoms with Crippen LogP contribution in [0.1, 0.15) is 44.9 Å². The van der Waals surface area contributed by atoms with Gasteiger partial charge in [-0.25, -0.2) is 8.42 Å². The van der Waals surface area contributed by atoms with Crippen molar-refractivity contribution in [2.75, 3.05) is 12.4 Å². The summed E-state index contributed by atoms with van der Waals surface area (Å²) in [5, 5.41) is -0.308. The number of rotatable bonds is 4.